The molecule has 0 fully saturated rings. The Bertz CT molecular complexity index is 459. The van der Waals surface area contributed by atoms with Gasteiger partial charge in [0.15, 0.2) is 6.61 Å². The van der Waals surface area contributed by atoms with E-state index in [4.69, 9.17) is 15.2 Å². The Balaban J connectivity index is 1.93. The van der Waals surface area contributed by atoms with Crippen LogP contribution in [0, 0.1) is 0 Å². The summed E-state index contributed by atoms with van der Waals surface area (Å²) in [7, 11) is 0. The van der Waals surface area contributed by atoms with Crippen LogP contribution in [0.2, 0.25) is 0 Å². The van der Waals surface area contributed by atoms with E-state index in [1.807, 2.05) is 18.2 Å². The molecule has 0 spiro atoms. The number of rotatable bonds is 6. The van der Waals surface area contributed by atoms with Gasteiger partial charge in [0.25, 0.3) is 0 Å². The zero-order valence-electron chi connectivity index (χ0n) is 12.1. The van der Waals surface area contributed by atoms with Crippen LogP contribution in [0.5, 0.6) is 5.75 Å². The zero-order chi connectivity index (χ0) is 14.4. The molecule has 2 N–H and O–H groups in total. The van der Waals surface area contributed by atoms with E-state index in [0.29, 0.717) is 6.61 Å². The van der Waals surface area contributed by atoms with Crippen molar-refractivity contribution in [2.24, 2.45) is 5.73 Å². The molecule has 4 heteroatoms. The third kappa shape index (κ3) is 3.73. The molecule has 0 saturated heterocycles. The van der Waals surface area contributed by atoms with Crippen LogP contribution >= 0.6 is 0 Å². The normalized spacial score (nSPS) is 17.4. The predicted octanol–water partition coefficient (Wildman–Crippen LogP) is 2.74. The second-order valence-electron chi connectivity index (χ2n) is 5.19. The molecule has 0 aromatic heterocycles. The van der Waals surface area contributed by atoms with Gasteiger partial charge in [0.05, 0.1) is 6.61 Å². The first kappa shape index (κ1) is 14.9. The Morgan fingerprint density at radius 2 is 2.30 bits per heavy atom. The highest BCUT2D eigenvalue weighted by Crippen LogP contribution is 2.33. The Hall–Kier alpha value is -1.55. The molecule has 4 nitrogen and oxygen atoms in total. The molecule has 20 heavy (non-hydrogen) atoms. The number of esters is 1. The Labute approximate surface area is 120 Å². The van der Waals surface area contributed by atoms with Crippen molar-refractivity contribution >= 4 is 5.97 Å². The van der Waals surface area contributed by atoms with Crippen LogP contribution in [-0.4, -0.2) is 19.2 Å². The van der Waals surface area contributed by atoms with Crippen molar-refractivity contribution in [2.45, 2.75) is 45.1 Å². The van der Waals surface area contributed by atoms with Crippen molar-refractivity contribution in [3.63, 3.8) is 0 Å². The molecule has 1 aliphatic rings. The number of carbonyl (C=O) groups excluding carboxylic acids is 1. The quantitative estimate of drug-likeness (QED) is 0.641. The summed E-state index contributed by atoms with van der Waals surface area (Å²) in [5, 5.41) is 0. The fourth-order valence-corrected chi connectivity index (χ4v) is 2.50. The number of fused-ring (bicyclic) bond motifs is 1. The van der Waals surface area contributed by atoms with Crippen LogP contribution in [-0.2, 0) is 16.0 Å². The zero-order valence-corrected chi connectivity index (χ0v) is 12.1. The molecule has 2 rings (SSSR count). The molecule has 1 atom stereocenters. The van der Waals surface area contributed by atoms with Crippen molar-refractivity contribution in [3.8, 4) is 5.75 Å². The summed E-state index contributed by atoms with van der Waals surface area (Å²) in [4.78, 5) is 11.6. The summed E-state index contributed by atoms with van der Waals surface area (Å²) in [6.45, 7) is 2.50. The minimum Gasteiger partial charge on any atom is -0.482 e. The van der Waals surface area contributed by atoms with Crippen LogP contribution in [0.15, 0.2) is 18.2 Å². The average Bonchev–Trinajstić information content (AvgIpc) is 2.46. The summed E-state index contributed by atoms with van der Waals surface area (Å²) >= 11 is 0. The van der Waals surface area contributed by atoms with E-state index in [-0.39, 0.29) is 18.6 Å². The average molecular weight is 277 g/mol. The smallest absolute Gasteiger partial charge is 0.344 e. The van der Waals surface area contributed by atoms with Gasteiger partial charge in [0, 0.05) is 6.04 Å². The van der Waals surface area contributed by atoms with Gasteiger partial charge in [-0.05, 0) is 42.9 Å². The first-order valence-electron chi connectivity index (χ1n) is 7.38. The standard InChI is InChI=1S/C16H23NO3/c1-2-3-10-19-16(18)11-20-15-9-5-6-12-13(15)7-4-8-14(12)17/h5-6,9,14H,2-4,7-8,10-11,17H2,1H3. The van der Waals surface area contributed by atoms with Crippen LogP contribution < -0.4 is 10.5 Å². The van der Waals surface area contributed by atoms with Gasteiger partial charge in [-0.1, -0.05) is 25.5 Å². The molecular formula is C16H23NO3. The van der Waals surface area contributed by atoms with Gasteiger partial charge in [0.2, 0.25) is 0 Å². The van der Waals surface area contributed by atoms with E-state index in [2.05, 4.69) is 6.92 Å². The van der Waals surface area contributed by atoms with Crippen molar-refractivity contribution in [1.29, 1.82) is 0 Å². The molecule has 1 unspecified atom stereocenters. The second kappa shape index (κ2) is 7.29. The van der Waals surface area contributed by atoms with Gasteiger partial charge in [-0.15, -0.1) is 0 Å². The van der Waals surface area contributed by atoms with Crippen molar-refractivity contribution in [3.05, 3.63) is 29.3 Å². The number of hydrogen-bond donors (Lipinski definition) is 1. The molecule has 0 aliphatic heterocycles. The predicted molar refractivity (Wildman–Crippen MR) is 77.7 cm³/mol. The molecule has 0 saturated carbocycles. The number of benzene rings is 1. The van der Waals surface area contributed by atoms with E-state index in [9.17, 15) is 4.79 Å². The summed E-state index contributed by atoms with van der Waals surface area (Å²) in [6, 6.07) is 5.96. The maximum Gasteiger partial charge on any atom is 0.344 e. The lowest BCUT2D eigenvalue weighted by molar-refractivity contribution is -0.146. The lowest BCUT2D eigenvalue weighted by Crippen LogP contribution is -2.20. The van der Waals surface area contributed by atoms with Crippen molar-refractivity contribution in [2.75, 3.05) is 13.2 Å². The summed E-state index contributed by atoms with van der Waals surface area (Å²) in [5.74, 6) is 0.459. The van der Waals surface area contributed by atoms with Crippen LogP contribution in [0.25, 0.3) is 0 Å². The number of nitrogens with two attached hydrogens (primary N) is 1. The van der Waals surface area contributed by atoms with E-state index in [1.54, 1.807) is 0 Å². The largest absolute Gasteiger partial charge is 0.482 e. The number of unbranched alkanes of at least 4 members (excludes halogenated alkanes) is 1. The van der Waals surface area contributed by atoms with Crippen molar-refractivity contribution in [1.82, 2.24) is 0 Å². The van der Waals surface area contributed by atoms with Crippen LogP contribution in [0.3, 0.4) is 0 Å². The van der Waals surface area contributed by atoms with E-state index in [1.165, 1.54) is 0 Å². The molecule has 1 aliphatic carbocycles. The summed E-state index contributed by atoms with van der Waals surface area (Å²) in [6.07, 6.45) is 4.94. The van der Waals surface area contributed by atoms with Gasteiger partial charge in [-0.2, -0.15) is 0 Å². The topological polar surface area (TPSA) is 61.5 Å². The fraction of sp³-hybridized carbons (Fsp3) is 0.562. The third-order valence-electron chi connectivity index (χ3n) is 3.62. The molecule has 0 heterocycles. The first-order chi connectivity index (χ1) is 9.72. The van der Waals surface area contributed by atoms with Crippen LogP contribution in [0.1, 0.15) is 49.8 Å². The van der Waals surface area contributed by atoms with Gasteiger partial charge in [-0.25, -0.2) is 4.79 Å². The molecule has 0 radical (unpaired) electrons. The second-order valence-corrected chi connectivity index (χ2v) is 5.19. The van der Waals surface area contributed by atoms with Gasteiger partial charge < -0.3 is 15.2 Å². The first-order valence-corrected chi connectivity index (χ1v) is 7.38. The Morgan fingerprint density at radius 1 is 1.45 bits per heavy atom. The van der Waals surface area contributed by atoms with Gasteiger partial charge in [0.1, 0.15) is 5.75 Å². The molecule has 110 valence electrons. The minimum atomic E-state index is -0.309. The highest BCUT2D eigenvalue weighted by Gasteiger charge is 2.20. The Kier molecular flexibility index (Phi) is 5.41. The monoisotopic (exact) mass is 277 g/mol. The van der Waals surface area contributed by atoms with Gasteiger partial charge in [-0.3, -0.25) is 0 Å². The Morgan fingerprint density at radius 3 is 3.10 bits per heavy atom. The highest BCUT2D eigenvalue weighted by molar-refractivity contribution is 5.71. The maximum atomic E-state index is 11.6. The number of hydrogen-bond acceptors (Lipinski definition) is 4. The maximum absolute atomic E-state index is 11.6. The molecular weight excluding hydrogens is 254 g/mol. The number of carbonyl (C=O) groups is 1. The molecule has 1 aromatic carbocycles. The summed E-state index contributed by atoms with van der Waals surface area (Å²) in [5.41, 5.74) is 8.40. The van der Waals surface area contributed by atoms with E-state index >= 15 is 0 Å². The van der Waals surface area contributed by atoms with E-state index < -0.39 is 0 Å². The van der Waals surface area contributed by atoms with Crippen LogP contribution in [0.4, 0.5) is 0 Å². The third-order valence-corrected chi connectivity index (χ3v) is 3.62. The lowest BCUT2D eigenvalue weighted by atomic mass is 9.88. The molecule has 0 amide bonds. The lowest BCUT2D eigenvalue weighted by Gasteiger charge is -2.24. The van der Waals surface area contributed by atoms with Gasteiger partial charge >= 0.3 is 5.97 Å². The van der Waals surface area contributed by atoms with E-state index in [0.717, 1.165) is 49.0 Å². The molecule has 0 bridgehead atoms. The number of ether oxygens (including phenoxy) is 2. The summed E-state index contributed by atoms with van der Waals surface area (Å²) < 4.78 is 10.7. The molecule has 1 aromatic rings. The van der Waals surface area contributed by atoms with Crippen molar-refractivity contribution < 1.29 is 14.3 Å². The minimum absolute atomic E-state index is 0.0323. The SMILES string of the molecule is CCCCOC(=O)COc1cccc2c1CCCC2N. The highest BCUT2D eigenvalue weighted by atomic mass is 16.6. The fourth-order valence-electron chi connectivity index (χ4n) is 2.50.